The molecular weight excluding hydrogens is 379 g/mol. The standard InChI is InChI=1S/C15H32N4O.HI/c1-6-12(4)19-14(20)9-10-17-15(16-5)18-11-13(7-2)8-3;/h12-13H,6-11H2,1-5H3,(H,19,20)(H2,16,17,18);1H. The maximum Gasteiger partial charge on any atom is 0.221 e. The van der Waals surface area contributed by atoms with Crippen LogP contribution >= 0.6 is 24.0 Å². The van der Waals surface area contributed by atoms with Gasteiger partial charge in [0.2, 0.25) is 5.91 Å². The summed E-state index contributed by atoms with van der Waals surface area (Å²) in [6, 6.07) is 0.245. The van der Waals surface area contributed by atoms with Crippen molar-refractivity contribution >= 4 is 35.8 Å². The van der Waals surface area contributed by atoms with Crippen LogP contribution in [0.25, 0.3) is 0 Å². The SMILES string of the molecule is CCC(CC)CNC(=NC)NCCC(=O)NC(C)CC.I. The molecule has 0 aromatic rings. The molecule has 0 aliphatic rings. The zero-order valence-electron chi connectivity index (χ0n) is 14.2. The number of rotatable bonds is 9. The number of hydrogen-bond acceptors (Lipinski definition) is 2. The fourth-order valence-corrected chi connectivity index (χ4v) is 1.78. The van der Waals surface area contributed by atoms with Gasteiger partial charge in [0.15, 0.2) is 5.96 Å². The predicted octanol–water partition coefficient (Wildman–Crippen LogP) is 2.51. The van der Waals surface area contributed by atoms with Crippen molar-refractivity contribution in [2.75, 3.05) is 20.1 Å². The molecular formula is C15H33IN4O. The molecule has 1 atom stereocenters. The molecule has 0 radical (unpaired) electrons. The minimum atomic E-state index is 0. The van der Waals surface area contributed by atoms with Gasteiger partial charge in [-0.3, -0.25) is 9.79 Å². The number of guanidine groups is 1. The number of hydrogen-bond donors (Lipinski definition) is 3. The number of halogens is 1. The van der Waals surface area contributed by atoms with Gasteiger partial charge in [0.1, 0.15) is 0 Å². The summed E-state index contributed by atoms with van der Waals surface area (Å²) >= 11 is 0. The second-order valence-corrected chi connectivity index (χ2v) is 5.19. The summed E-state index contributed by atoms with van der Waals surface area (Å²) in [4.78, 5) is 15.8. The third-order valence-electron chi connectivity index (χ3n) is 3.60. The molecule has 0 rings (SSSR count). The molecule has 0 saturated heterocycles. The van der Waals surface area contributed by atoms with E-state index in [0.717, 1.165) is 31.8 Å². The topological polar surface area (TPSA) is 65.5 Å². The highest BCUT2D eigenvalue weighted by molar-refractivity contribution is 14.0. The fourth-order valence-electron chi connectivity index (χ4n) is 1.78. The Kier molecular flexibility index (Phi) is 15.6. The van der Waals surface area contributed by atoms with Crippen molar-refractivity contribution < 1.29 is 4.79 Å². The van der Waals surface area contributed by atoms with Crippen molar-refractivity contribution in [3.8, 4) is 0 Å². The van der Waals surface area contributed by atoms with Gasteiger partial charge in [-0.2, -0.15) is 0 Å². The van der Waals surface area contributed by atoms with E-state index in [0.29, 0.717) is 18.9 Å². The van der Waals surface area contributed by atoms with Gasteiger partial charge in [-0.1, -0.05) is 33.6 Å². The van der Waals surface area contributed by atoms with Crippen molar-refractivity contribution in [3.05, 3.63) is 0 Å². The lowest BCUT2D eigenvalue weighted by atomic mass is 10.0. The Hall–Kier alpha value is -0.530. The molecule has 21 heavy (non-hydrogen) atoms. The molecule has 0 aromatic heterocycles. The second kappa shape index (κ2) is 14.4. The Morgan fingerprint density at radius 2 is 1.71 bits per heavy atom. The molecule has 0 aliphatic heterocycles. The average molecular weight is 412 g/mol. The summed E-state index contributed by atoms with van der Waals surface area (Å²) in [6.45, 7) is 10.0. The molecule has 0 bridgehead atoms. The van der Waals surface area contributed by atoms with Crippen LogP contribution < -0.4 is 16.0 Å². The van der Waals surface area contributed by atoms with Crippen LogP contribution in [0.4, 0.5) is 0 Å². The van der Waals surface area contributed by atoms with E-state index < -0.39 is 0 Å². The van der Waals surface area contributed by atoms with E-state index >= 15 is 0 Å². The fraction of sp³-hybridized carbons (Fsp3) is 0.867. The first-order valence-corrected chi connectivity index (χ1v) is 7.81. The Bertz CT molecular complexity index is 293. The molecule has 1 unspecified atom stereocenters. The van der Waals surface area contributed by atoms with Gasteiger partial charge in [0, 0.05) is 32.6 Å². The van der Waals surface area contributed by atoms with Crippen LogP contribution in [-0.2, 0) is 4.79 Å². The van der Waals surface area contributed by atoms with E-state index in [4.69, 9.17) is 0 Å². The van der Waals surface area contributed by atoms with E-state index in [-0.39, 0.29) is 35.9 Å². The third-order valence-corrected chi connectivity index (χ3v) is 3.60. The number of carbonyl (C=O) groups excluding carboxylic acids is 1. The first kappa shape index (κ1) is 22.7. The van der Waals surface area contributed by atoms with Crippen LogP contribution in [0.3, 0.4) is 0 Å². The molecule has 1 amide bonds. The van der Waals surface area contributed by atoms with Crippen LogP contribution in [0.15, 0.2) is 4.99 Å². The maximum atomic E-state index is 11.6. The number of aliphatic imine (C=N–C) groups is 1. The van der Waals surface area contributed by atoms with Gasteiger partial charge in [0.05, 0.1) is 0 Å². The lowest BCUT2D eigenvalue weighted by molar-refractivity contribution is -0.121. The monoisotopic (exact) mass is 412 g/mol. The lowest BCUT2D eigenvalue weighted by Crippen LogP contribution is -2.41. The van der Waals surface area contributed by atoms with E-state index in [1.807, 2.05) is 6.92 Å². The first-order valence-electron chi connectivity index (χ1n) is 7.81. The maximum absolute atomic E-state index is 11.6. The molecule has 0 saturated carbocycles. The van der Waals surface area contributed by atoms with Crippen LogP contribution in [0.2, 0.25) is 0 Å². The van der Waals surface area contributed by atoms with Gasteiger partial charge in [-0.15, -0.1) is 24.0 Å². The minimum Gasteiger partial charge on any atom is -0.356 e. The molecule has 6 heteroatoms. The molecule has 0 aliphatic carbocycles. The van der Waals surface area contributed by atoms with Crippen LogP contribution in [-0.4, -0.2) is 38.0 Å². The Morgan fingerprint density at radius 3 is 2.19 bits per heavy atom. The molecule has 0 spiro atoms. The quantitative estimate of drug-likeness (QED) is 0.310. The zero-order chi connectivity index (χ0) is 15.4. The van der Waals surface area contributed by atoms with Crippen LogP contribution in [0.1, 0.15) is 53.4 Å². The summed E-state index contributed by atoms with van der Waals surface area (Å²) in [7, 11) is 1.75. The van der Waals surface area contributed by atoms with Gasteiger partial charge >= 0.3 is 0 Å². The number of nitrogens with one attached hydrogen (secondary N) is 3. The van der Waals surface area contributed by atoms with Crippen molar-refractivity contribution in [2.45, 2.75) is 59.4 Å². The van der Waals surface area contributed by atoms with Crippen LogP contribution in [0, 0.1) is 5.92 Å². The van der Waals surface area contributed by atoms with Gasteiger partial charge in [-0.05, 0) is 19.3 Å². The van der Waals surface area contributed by atoms with E-state index in [2.05, 4.69) is 41.7 Å². The normalized spacial score (nSPS) is 12.6. The Labute approximate surface area is 147 Å². The van der Waals surface area contributed by atoms with Crippen molar-refractivity contribution in [1.29, 1.82) is 0 Å². The van der Waals surface area contributed by atoms with Gasteiger partial charge in [-0.25, -0.2) is 0 Å². The summed E-state index contributed by atoms with van der Waals surface area (Å²) in [5.74, 6) is 1.53. The van der Waals surface area contributed by atoms with Crippen molar-refractivity contribution in [2.24, 2.45) is 10.9 Å². The molecule has 126 valence electrons. The summed E-state index contributed by atoms with van der Waals surface area (Å²) < 4.78 is 0. The third kappa shape index (κ3) is 11.8. The molecule has 0 fully saturated rings. The minimum absolute atomic E-state index is 0. The predicted molar refractivity (Wildman–Crippen MR) is 101 cm³/mol. The summed E-state index contributed by atoms with van der Waals surface area (Å²) in [5, 5.41) is 9.43. The molecule has 3 N–H and O–H groups in total. The van der Waals surface area contributed by atoms with E-state index in [1.165, 1.54) is 0 Å². The smallest absolute Gasteiger partial charge is 0.221 e. The highest BCUT2D eigenvalue weighted by atomic mass is 127. The molecule has 5 nitrogen and oxygen atoms in total. The number of nitrogens with zero attached hydrogens (tertiary/aromatic N) is 1. The number of carbonyl (C=O) groups is 1. The van der Waals surface area contributed by atoms with E-state index in [1.54, 1.807) is 7.05 Å². The zero-order valence-corrected chi connectivity index (χ0v) is 16.5. The van der Waals surface area contributed by atoms with E-state index in [9.17, 15) is 4.79 Å². The summed E-state index contributed by atoms with van der Waals surface area (Å²) in [6.07, 6.45) is 3.75. The number of amides is 1. The van der Waals surface area contributed by atoms with Gasteiger partial charge in [0.25, 0.3) is 0 Å². The van der Waals surface area contributed by atoms with Crippen molar-refractivity contribution in [3.63, 3.8) is 0 Å². The Morgan fingerprint density at radius 1 is 1.10 bits per heavy atom. The first-order chi connectivity index (χ1) is 9.57. The highest BCUT2D eigenvalue weighted by Crippen LogP contribution is 2.04. The van der Waals surface area contributed by atoms with Gasteiger partial charge < -0.3 is 16.0 Å². The lowest BCUT2D eigenvalue weighted by Gasteiger charge is -2.17. The molecule has 0 aromatic carbocycles. The average Bonchev–Trinajstić information content (AvgIpc) is 2.46. The largest absolute Gasteiger partial charge is 0.356 e. The Balaban J connectivity index is 0. The van der Waals surface area contributed by atoms with Crippen LogP contribution in [0.5, 0.6) is 0 Å². The second-order valence-electron chi connectivity index (χ2n) is 5.19. The summed E-state index contributed by atoms with van der Waals surface area (Å²) in [5.41, 5.74) is 0. The molecule has 0 heterocycles. The van der Waals surface area contributed by atoms with Crippen molar-refractivity contribution in [1.82, 2.24) is 16.0 Å². The highest BCUT2D eigenvalue weighted by Gasteiger charge is 2.07.